The number of nitrogens with zero attached hydrogens (tertiary/aromatic N) is 5. The van der Waals surface area contributed by atoms with Crippen molar-refractivity contribution in [2.45, 2.75) is 123 Å². The van der Waals surface area contributed by atoms with Crippen molar-refractivity contribution >= 4 is 52.7 Å². The fourth-order valence-corrected chi connectivity index (χ4v) is 10.4. The van der Waals surface area contributed by atoms with Crippen molar-refractivity contribution in [3.8, 4) is 10.4 Å². The molecule has 0 saturated carbocycles. The Bertz CT molecular complexity index is 2790. The molecule has 0 unspecified atom stereocenters. The topological polar surface area (TPSA) is 234 Å². The lowest BCUT2D eigenvalue weighted by Crippen LogP contribution is -2.57. The molecule has 18 nitrogen and oxygen atoms in total. The Hall–Kier alpha value is -6.96. The monoisotopic (exact) mass is 1030 g/mol. The first-order valence-electron chi connectivity index (χ1n) is 25.3. The van der Waals surface area contributed by atoms with Gasteiger partial charge in [0.25, 0.3) is 11.8 Å². The van der Waals surface area contributed by atoms with Crippen molar-refractivity contribution in [2.75, 3.05) is 39.0 Å². The van der Waals surface area contributed by atoms with Gasteiger partial charge in [0.05, 0.1) is 52.0 Å². The molecule has 1 fully saturated rings. The number of H-pyrrole nitrogens is 1. The summed E-state index contributed by atoms with van der Waals surface area (Å²) < 4.78 is 0. The number of aliphatic hydroxyl groups is 1. The highest BCUT2D eigenvalue weighted by Gasteiger charge is 2.46. The molecule has 2 aromatic heterocycles. The van der Waals surface area contributed by atoms with Gasteiger partial charge in [0.2, 0.25) is 17.7 Å². The molecular weight excluding hydrogens is 959 g/mol. The van der Waals surface area contributed by atoms with Gasteiger partial charge in [-0.15, -0.1) is 11.3 Å². The Morgan fingerprint density at radius 3 is 2.19 bits per heavy atom. The lowest BCUT2D eigenvalue weighted by Gasteiger charge is -2.35. The number of likely N-dealkylation sites (tertiary alicyclic amines) is 1. The van der Waals surface area contributed by atoms with Gasteiger partial charge in [0, 0.05) is 49.2 Å². The number of thiazole rings is 1. The second-order valence-electron chi connectivity index (χ2n) is 21.2. The lowest BCUT2D eigenvalue weighted by molar-refractivity contribution is -0.144. The molecule has 2 aliphatic heterocycles. The number of fused-ring (bicyclic) bond motifs is 1. The van der Waals surface area contributed by atoms with Crippen LogP contribution in [0.25, 0.3) is 10.4 Å². The first kappa shape index (κ1) is 54.8. The average Bonchev–Trinajstić information content (AvgIpc) is 4.15. The number of unbranched alkanes of at least 4 members (excludes halogenated alkanes) is 2. The number of anilines is 1. The van der Waals surface area contributed by atoms with Gasteiger partial charge in [-0.05, 0) is 101 Å². The van der Waals surface area contributed by atoms with Crippen LogP contribution in [0.3, 0.4) is 0 Å². The van der Waals surface area contributed by atoms with E-state index in [0.717, 1.165) is 33.0 Å². The number of aryl methyl sites for hydroxylation is 1. The van der Waals surface area contributed by atoms with Crippen LogP contribution >= 0.6 is 11.3 Å². The molecule has 7 amide bonds. The number of amides is 7. The van der Waals surface area contributed by atoms with Gasteiger partial charge >= 0.3 is 6.03 Å². The van der Waals surface area contributed by atoms with E-state index in [-0.39, 0.29) is 61.8 Å². The number of aromatic amines is 1. The summed E-state index contributed by atoms with van der Waals surface area (Å²) in [5.41, 5.74) is 6.40. The Labute approximate surface area is 437 Å². The zero-order chi connectivity index (χ0) is 53.5. The molecule has 0 spiro atoms. The van der Waals surface area contributed by atoms with E-state index in [0.29, 0.717) is 54.9 Å². The molecule has 5 atom stereocenters. The van der Waals surface area contributed by atoms with Crippen LogP contribution in [0, 0.1) is 12.3 Å². The highest BCUT2D eigenvalue weighted by Crippen LogP contribution is 2.41. The normalized spacial score (nSPS) is 17.3. The highest BCUT2D eigenvalue weighted by molar-refractivity contribution is 7.13. The number of carbonyl (C=O) groups excluding carboxylic acids is 6. The summed E-state index contributed by atoms with van der Waals surface area (Å²) in [6.07, 6.45) is 1.10. The van der Waals surface area contributed by atoms with Crippen LogP contribution in [0.15, 0.2) is 84.4 Å². The van der Waals surface area contributed by atoms with E-state index in [1.807, 2.05) is 128 Å². The van der Waals surface area contributed by atoms with Crippen molar-refractivity contribution in [1.29, 1.82) is 0 Å². The Kier molecular flexibility index (Phi) is 17.4. The molecule has 0 radical (unpaired) electrons. The maximum Gasteiger partial charge on any atom is 0.319 e. The van der Waals surface area contributed by atoms with Gasteiger partial charge in [0.15, 0.2) is 5.82 Å². The summed E-state index contributed by atoms with van der Waals surface area (Å²) >= 11 is 1.57. The SMILES string of the molecule is Cc1ncsc1-c1ccc([C@H](C)NC(=O)[C@@H]2C[C@@H](O)CN2C(=O)[C@@H](NC(=O)CCCCCNC(=O)c2ccc(C(=O)Nc3n[nH]c4c3CN(C(=O)N[C@H](CN(C)C)c3ccccc3)C4(C)C)cc2)C(C)(C)C)cc1. The van der Waals surface area contributed by atoms with Gasteiger partial charge in [-0.25, -0.2) is 9.78 Å². The number of nitrogens with one attached hydrogen (secondary N) is 6. The molecule has 1 saturated heterocycles. The minimum Gasteiger partial charge on any atom is -0.391 e. The Balaban J connectivity index is 0.837. The van der Waals surface area contributed by atoms with Crippen LogP contribution in [0.5, 0.6) is 0 Å². The third-order valence-electron chi connectivity index (χ3n) is 13.8. The fraction of sp³-hybridized carbons (Fsp3) is 0.455. The predicted molar refractivity (Wildman–Crippen MR) is 285 cm³/mol. The number of likely N-dealkylation sites (N-methyl/N-ethyl adjacent to an activating group) is 1. The number of hydrogen-bond donors (Lipinski definition) is 7. The van der Waals surface area contributed by atoms with Crippen molar-refractivity contribution in [3.63, 3.8) is 0 Å². The summed E-state index contributed by atoms with van der Waals surface area (Å²) in [4.78, 5) is 91.9. The zero-order valence-electron chi connectivity index (χ0n) is 43.9. The largest absolute Gasteiger partial charge is 0.391 e. The molecule has 19 heteroatoms. The van der Waals surface area contributed by atoms with E-state index in [2.05, 4.69) is 41.8 Å². The number of urea groups is 1. The van der Waals surface area contributed by atoms with Crippen molar-refractivity contribution in [1.82, 2.24) is 51.1 Å². The maximum atomic E-state index is 14.1. The number of hydrogen-bond acceptors (Lipinski definition) is 11. The molecule has 0 aliphatic carbocycles. The molecular formula is C55H71N11O7S. The molecule has 3 aromatic carbocycles. The standard InChI is InChI=1S/C55H71N11O7S/c1-33(35-19-21-37(22-20-35)45-34(2)57-32-74-45)58-51(71)43-28-40(67)29-65(43)52(72)47(54(3,4)5)60-44(68)18-14-11-15-27-56-49(69)38-23-25-39(26-24-38)50(70)61-48-41-30-66(55(6,7)46(41)62-63-48)53(73)59-42(31-64(8)9)36-16-12-10-13-17-36/h10,12-13,16-17,19-26,32-33,40,42-43,47,67H,11,14-15,18,27-31H2,1-9H3,(H,56,69)(H,58,71)(H,59,73)(H,60,68)(H2,61,62,63,70)/t33-,40+,42+,43-,47+/m0/s1. The average molecular weight is 1030 g/mol. The van der Waals surface area contributed by atoms with E-state index < -0.39 is 41.0 Å². The van der Waals surface area contributed by atoms with Gasteiger partial charge in [-0.2, -0.15) is 5.10 Å². The van der Waals surface area contributed by atoms with Crippen LogP contribution in [0.1, 0.15) is 135 Å². The molecule has 394 valence electrons. The number of aliphatic hydroxyl groups excluding tert-OH is 1. The van der Waals surface area contributed by atoms with Gasteiger partial charge in [-0.3, -0.25) is 29.1 Å². The Morgan fingerprint density at radius 1 is 0.878 bits per heavy atom. The first-order chi connectivity index (χ1) is 35.1. The third-order valence-corrected chi connectivity index (χ3v) is 14.8. The molecule has 7 N–H and O–H groups in total. The smallest absolute Gasteiger partial charge is 0.319 e. The molecule has 2 aliphatic rings. The van der Waals surface area contributed by atoms with Crippen molar-refractivity contribution in [2.24, 2.45) is 5.41 Å². The van der Waals surface area contributed by atoms with E-state index in [9.17, 15) is 33.9 Å². The second-order valence-corrected chi connectivity index (χ2v) is 22.1. The number of β-amino-alcohol motifs (C(OH)–C–C–N with tert-alkyl or cyclic N) is 1. The van der Waals surface area contributed by atoms with Crippen LogP contribution in [0.4, 0.5) is 10.6 Å². The van der Waals surface area contributed by atoms with Gasteiger partial charge < -0.3 is 46.4 Å². The third kappa shape index (κ3) is 13.0. The van der Waals surface area contributed by atoms with Crippen LogP contribution in [-0.4, -0.2) is 122 Å². The van der Waals surface area contributed by atoms with Crippen molar-refractivity contribution < 1.29 is 33.9 Å². The van der Waals surface area contributed by atoms with Crippen LogP contribution in [0.2, 0.25) is 0 Å². The number of carbonyl (C=O) groups is 6. The van der Waals surface area contributed by atoms with Gasteiger partial charge in [-0.1, -0.05) is 81.8 Å². The predicted octanol–water partition coefficient (Wildman–Crippen LogP) is 6.82. The molecule has 4 heterocycles. The van der Waals surface area contributed by atoms with E-state index in [1.54, 1.807) is 40.5 Å². The van der Waals surface area contributed by atoms with Crippen LogP contribution in [-0.2, 0) is 26.5 Å². The summed E-state index contributed by atoms with van der Waals surface area (Å²) in [7, 11) is 3.92. The Morgan fingerprint density at radius 2 is 1.55 bits per heavy atom. The number of aromatic nitrogens is 3. The van der Waals surface area contributed by atoms with E-state index in [4.69, 9.17) is 0 Å². The maximum absolute atomic E-state index is 14.1. The zero-order valence-corrected chi connectivity index (χ0v) is 44.7. The molecule has 5 aromatic rings. The van der Waals surface area contributed by atoms with Crippen LogP contribution < -0.4 is 26.6 Å². The van der Waals surface area contributed by atoms with Gasteiger partial charge in [0.1, 0.15) is 12.1 Å². The lowest BCUT2D eigenvalue weighted by atomic mass is 9.85. The first-order valence-corrected chi connectivity index (χ1v) is 26.1. The fourth-order valence-electron chi connectivity index (χ4n) is 9.55. The number of benzene rings is 3. The second kappa shape index (κ2) is 23.5. The van der Waals surface area contributed by atoms with E-state index >= 15 is 0 Å². The highest BCUT2D eigenvalue weighted by atomic mass is 32.1. The number of rotatable bonds is 19. The quantitative estimate of drug-likeness (QED) is 0.0427. The summed E-state index contributed by atoms with van der Waals surface area (Å²) in [5.74, 6) is -1.51. The minimum absolute atomic E-state index is 0.0225. The molecule has 74 heavy (non-hydrogen) atoms. The summed E-state index contributed by atoms with van der Waals surface area (Å²) in [6.45, 7) is 14.4. The summed E-state index contributed by atoms with van der Waals surface area (Å²) in [6, 6.07) is 21.3. The molecule has 0 bridgehead atoms. The molecule has 7 rings (SSSR count). The minimum atomic E-state index is -0.941. The van der Waals surface area contributed by atoms with E-state index in [1.165, 1.54) is 4.90 Å². The van der Waals surface area contributed by atoms with Crippen molar-refractivity contribution in [3.05, 3.63) is 124 Å². The summed E-state index contributed by atoms with van der Waals surface area (Å²) in [5, 5.41) is 33.0.